The van der Waals surface area contributed by atoms with Crippen molar-refractivity contribution < 1.29 is 8.42 Å². The Bertz CT molecular complexity index is 621. The first kappa shape index (κ1) is 11.6. The highest BCUT2D eigenvalue weighted by Crippen LogP contribution is 2.15. The van der Waals surface area contributed by atoms with Crippen LogP contribution in [0.3, 0.4) is 0 Å². The summed E-state index contributed by atoms with van der Waals surface area (Å²) in [5.74, 6) is 0.986. The summed E-state index contributed by atoms with van der Waals surface area (Å²) in [6.45, 7) is 3.49. The summed E-state index contributed by atoms with van der Waals surface area (Å²) in [6.07, 6.45) is 3.00. The zero-order chi connectivity index (χ0) is 12.6. The molecule has 8 heteroatoms. The number of hydrogen-bond donors (Lipinski definition) is 2. The van der Waals surface area contributed by atoms with E-state index >= 15 is 0 Å². The standard InChI is InChI=1S/C9H13N5O2S/c1-6-4-10-12-9(6)13-17(15,16)8-5-14(3)7(2)11-8/h4-5H,1-3H3,(H2,10,12,13). The van der Waals surface area contributed by atoms with Gasteiger partial charge < -0.3 is 4.57 Å². The van der Waals surface area contributed by atoms with Gasteiger partial charge in [0, 0.05) is 18.8 Å². The number of hydrogen-bond acceptors (Lipinski definition) is 4. The van der Waals surface area contributed by atoms with Crippen molar-refractivity contribution in [2.45, 2.75) is 18.9 Å². The van der Waals surface area contributed by atoms with Crippen LogP contribution in [0.4, 0.5) is 5.82 Å². The van der Waals surface area contributed by atoms with Crippen molar-refractivity contribution >= 4 is 15.8 Å². The Hall–Kier alpha value is -1.83. The maximum absolute atomic E-state index is 12.0. The van der Waals surface area contributed by atoms with Gasteiger partial charge in [0.2, 0.25) is 0 Å². The van der Waals surface area contributed by atoms with Gasteiger partial charge in [-0.25, -0.2) is 4.98 Å². The zero-order valence-electron chi connectivity index (χ0n) is 9.72. The van der Waals surface area contributed by atoms with E-state index in [-0.39, 0.29) is 5.03 Å². The van der Waals surface area contributed by atoms with E-state index in [2.05, 4.69) is 19.9 Å². The summed E-state index contributed by atoms with van der Waals surface area (Å²) < 4.78 is 28.0. The van der Waals surface area contributed by atoms with E-state index in [0.717, 1.165) is 5.56 Å². The Labute approximate surface area is 98.9 Å². The summed E-state index contributed by atoms with van der Waals surface area (Å²) in [4.78, 5) is 3.97. The molecule has 2 rings (SSSR count). The Morgan fingerprint density at radius 2 is 2.12 bits per heavy atom. The summed E-state index contributed by atoms with van der Waals surface area (Å²) in [6, 6.07) is 0. The molecule has 0 aromatic carbocycles. The van der Waals surface area contributed by atoms with Crippen LogP contribution in [0.25, 0.3) is 0 Å². The number of nitrogens with zero attached hydrogens (tertiary/aromatic N) is 3. The number of nitrogens with one attached hydrogen (secondary N) is 2. The van der Waals surface area contributed by atoms with Gasteiger partial charge >= 0.3 is 0 Å². The van der Waals surface area contributed by atoms with Crippen molar-refractivity contribution in [1.82, 2.24) is 19.7 Å². The number of aromatic nitrogens is 4. The molecule has 0 bridgehead atoms. The summed E-state index contributed by atoms with van der Waals surface area (Å²) >= 11 is 0. The predicted octanol–water partition coefficient (Wildman–Crippen LogP) is 0.561. The minimum Gasteiger partial charge on any atom is -0.337 e. The van der Waals surface area contributed by atoms with Gasteiger partial charge in [0.1, 0.15) is 11.6 Å². The van der Waals surface area contributed by atoms with Gasteiger partial charge in [-0.15, -0.1) is 0 Å². The van der Waals surface area contributed by atoms with Crippen LogP contribution in [0.1, 0.15) is 11.4 Å². The smallest absolute Gasteiger partial charge is 0.282 e. The molecule has 0 aliphatic carbocycles. The van der Waals surface area contributed by atoms with Gasteiger partial charge in [-0.05, 0) is 13.8 Å². The van der Waals surface area contributed by atoms with Crippen LogP contribution < -0.4 is 4.72 Å². The Morgan fingerprint density at radius 1 is 1.41 bits per heavy atom. The molecule has 0 aliphatic heterocycles. The SMILES string of the molecule is Cc1cn[nH]c1NS(=O)(=O)c1cn(C)c(C)n1. The third-order valence-electron chi connectivity index (χ3n) is 2.43. The molecule has 92 valence electrons. The van der Waals surface area contributed by atoms with E-state index in [9.17, 15) is 8.42 Å². The number of rotatable bonds is 3. The minimum absolute atomic E-state index is 0.00787. The van der Waals surface area contributed by atoms with Crippen molar-refractivity contribution in [3.63, 3.8) is 0 Å². The van der Waals surface area contributed by atoms with Crippen molar-refractivity contribution in [2.75, 3.05) is 4.72 Å². The minimum atomic E-state index is -3.66. The first-order chi connectivity index (χ1) is 7.90. The fourth-order valence-electron chi connectivity index (χ4n) is 1.29. The molecule has 2 aromatic heterocycles. The molecule has 0 atom stereocenters. The molecule has 0 spiro atoms. The van der Waals surface area contributed by atoms with Crippen LogP contribution in [0.2, 0.25) is 0 Å². The number of anilines is 1. The number of sulfonamides is 1. The van der Waals surface area contributed by atoms with Gasteiger partial charge in [0.25, 0.3) is 10.0 Å². The van der Waals surface area contributed by atoms with Gasteiger partial charge in [-0.2, -0.15) is 13.5 Å². The van der Waals surface area contributed by atoms with Crippen LogP contribution >= 0.6 is 0 Å². The van der Waals surface area contributed by atoms with Gasteiger partial charge in [-0.3, -0.25) is 9.82 Å². The van der Waals surface area contributed by atoms with Crippen molar-refractivity contribution in [2.24, 2.45) is 7.05 Å². The van der Waals surface area contributed by atoms with Crippen LogP contribution in [-0.4, -0.2) is 28.2 Å². The zero-order valence-corrected chi connectivity index (χ0v) is 10.5. The molecule has 0 saturated carbocycles. The first-order valence-electron chi connectivity index (χ1n) is 4.93. The van der Waals surface area contributed by atoms with E-state index in [1.807, 2.05) is 0 Å². The Morgan fingerprint density at radius 3 is 2.59 bits per heavy atom. The summed E-state index contributed by atoms with van der Waals surface area (Å²) in [7, 11) is -1.92. The fraction of sp³-hybridized carbons (Fsp3) is 0.333. The monoisotopic (exact) mass is 255 g/mol. The molecule has 17 heavy (non-hydrogen) atoms. The predicted molar refractivity (Wildman–Crippen MR) is 62.1 cm³/mol. The second kappa shape index (κ2) is 3.88. The molecule has 2 heterocycles. The van der Waals surface area contributed by atoms with E-state index in [1.54, 1.807) is 31.7 Å². The second-order valence-electron chi connectivity index (χ2n) is 3.77. The molecule has 0 saturated heterocycles. The molecule has 0 fully saturated rings. The highest BCUT2D eigenvalue weighted by atomic mass is 32.2. The Kier molecular flexibility index (Phi) is 2.66. The highest BCUT2D eigenvalue weighted by molar-refractivity contribution is 7.92. The molecule has 2 aromatic rings. The third kappa shape index (κ3) is 2.16. The first-order valence-corrected chi connectivity index (χ1v) is 6.41. The second-order valence-corrected chi connectivity index (χ2v) is 5.40. The van der Waals surface area contributed by atoms with E-state index < -0.39 is 10.0 Å². The lowest BCUT2D eigenvalue weighted by Crippen LogP contribution is -2.14. The number of H-pyrrole nitrogens is 1. The average Bonchev–Trinajstić information content (AvgIpc) is 2.76. The largest absolute Gasteiger partial charge is 0.337 e. The maximum atomic E-state index is 12.0. The summed E-state index contributed by atoms with van der Waals surface area (Å²) in [5, 5.41) is 6.31. The number of aryl methyl sites for hydroxylation is 3. The van der Waals surface area contributed by atoms with Gasteiger partial charge in [0.15, 0.2) is 5.03 Å². The van der Waals surface area contributed by atoms with Crippen molar-refractivity contribution in [1.29, 1.82) is 0 Å². The average molecular weight is 255 g/mol. The lowest BCUT2D eigenvalue weighted by atomic mass is 10.4. The molecule has 0 aliphatic rings. The van der Waals surface area contributed by atoms with E-state index in [1.165, 1.54) is 6.20 Å². The van der Waals surface area contributed by atoms with E-state index in [0.29, 0.717) is 11.6 Å². The van der Waals surface area contributed by atoms with Crippen molar-refractivity contribution in [3.8, 4) is 0 Å². The highest BCUT2D eigenvalue weighted by Gasteiger charge is 2.19. The van der Waals surface area contributed by atoms with Gasteiger partial charge in [-0.1, -0.05) is 0 Å². The van der Waals surface area contributed by atoms with Gasteiger partial charge in [0.05, 0.1) is 6.20 Å². The number of imidazole rings is 1. The lowest BCUT2D eigenvalue weighted by molar-refractivity contribution is 0.597. The van der Waals surface area contributed by atoms with Crippen molar-refractivity contribution in [3.05, 3.63) is 23.8 Å². The normalized spacial score (nSPS) is 11.7. The Balaban J connectivity index is 2.35. The molecule has 2 N–H and O–H groups in total. The fourth-order valence-corrected chi connectivity index (χ4v) is 2.42. The maximum Gasteiger partial charge on any atom is 0.282 e. The molecule has 0 amide bonds. The quantitative estimate of drug-likeness (QED) is 0.838. The molecular weight excluding hydrogens is 242 g/mol. The third-order valence-corrected chi connectivity index (χ3v) is 3.65. The lowest BCUT2D eigenvalue weighted by Gasteiger charge is -2.03. The van der Waals surface area contributed by atoms with Crippen LogP contribution in [-0.2, 0) is 17.1 Å². The summed E-state index contributed by atoms with van der Waals surface area (Å²) in [5.41, 5.74) is 0.723. The molecule has 0 radical (unpaired) electrons. The molecular formula is C9H13N5O2S. The number of aromatic amines is 1. The topological polar surface area (TPSA) is 92.7 Å². The molecule has 0 unspecified atom stereocenters. The van der Waals surface area contributed by atoms with Crippen LogP contribution in [0.5, 0.6) is 0 Å². The van der Waals surface area contributed by atoms with E-state index in [4.69, 9.17) is 0 Å². The van der Waals surface area contributed by atoms with Crippen LogP contribution in [0.15, 0.2) is 17.4 Å². The van der Waals surface area contributed by atoms with Crippen LogP contribution in [0, 0.1) is 13.8 Å². The molecule has 7 nitrogen and oxygen atoms in total.